The van der Waals surface area contributed by atoms with Gasteiger partial charge in [0.2, 0.25) is 5.91 Å². The number of hydrogen-bond acceptors (Lipinski definition) is 3. The van der Waals surface area contributed by atoms with Crippen molar-refractivity contribution in [1.82, 2.24) is 19.8 Å². The number of benzene rings is 1. The molecule has 1 saturated heterocycles. The van der Waals surface area contributed by atoms with E-state index in [4.69, 9.17) is 0 Å². The van der Waals surface area contributed by atoms with Gasteiger partial charge >= 0.3 is 0 Å². The van der Waals surface area contributed by atoms with Gasteiger partial charge in [-0.05, 0) is 37.6 Å². The minimum Gasteiger partial charge on any atom is -0.336 e. The lowest BCUT2D eigenvalue weighted by molar-refractivity contribution is -0.127. The van der Waals surface area contributed by atoms with E-state index >= 15 is 0 Å². The Balaban J connectivity index is 1.64. The summed E-state index contributed by atoms with van der Waals surface area (Å²) in [5, 5.41) is 3.43. The van der Waals surface area contributed by atoms with E-state index in [1.54, 1.807) is 18.6 Å². The molecule has 2 atom stereocenters. The number of rotatable bonds is 3. The summed E-state index contributed by atoms with van der Waals surface area (Å²) in [6.45, 7) is 5.73. The molecule has 1 aromatic heterocycles. The minimum absolute atomic E-state index is 0.0730. The van der Waals surface area contributed by atoms with E-state index in [1.807, 2.05) is 46.0 Å². The fourth-order valence-electron chi connectivity index (χ4n) is 2.95. The SMILES string of the molecule is CC1CN(C(=O)C=Cc2ccc(-n3ccnc3)cc2)CC(C)N1. The van der Waals surface area contributed by atoms with Gasteiger partial charge in [-0.2, -0.15) is 0 Å². The predicted molar refractivity (Wildman–Crippen MR) is 91.2 cm³/mol. The second-order valence-electron chi connectivity index (χ2n) is 6.11. The molecule has 0 spiro atoms. The van der Waals surface area contributed by atoms with Crippen molar-refractivity contribution in [3.05, 3.63) is 54.6 Å². The number of imidazole rings is 1. The molecule has 23 heavy (non-hydrogen) atoms. The van der Waals surface area contributed by atoms with Crippen LogP contribution in [0.4, 0.5) is 0 Å². The highest BCUT2D eigenvalue weighted by atomic mass is 16.2. The third kappa shape index (κ3) is 3.87. The molecule has 1 aromatic carbocycles. The molecule has 2 heterocycles. The summed E-state index contributed by atoms with van der Waals surface area (Å²) < 4.78 is 1.95. The van der Waals surface area contributed by atoms with Crippen molar-refractivity contribution in [2.75, 3.05) is 13.1 Å². The van der Waals surface area contributed by atoms with E-state index in [1.165, 1.54) is 0 Å². The van der Waals surface area contributed by atoms with Gasteiger partial charge in [-0.3, -0.25) is 4.79 Å². The Labute approximate surface area is 136 Å². The maximum atomic E-state index is 12.3. The quantitative estimate of drug-likeness (QED) is 0.883. The molecule has 1 aliphatic rings. The maximum Gasteiger partial charge on any atom is 0.246 e. The van der Waals surface area contributed by atoms with Crippen molar-refractivity contribution in [3.63, 3.8) is 0 Å². The van der Waals surface area contributed by atoms with Crippen LogP contribution < -0.4 is 5.32 Å². The normalized spacial score (nSPS) is 21.7. The largest absolute Gasteiger partial charge is 0.336 e. The van der Waals surface area contributed by atoms with Crippen molar-refractivity contribution in [3.8, 4) is 5.69 Å². The predicted octanol–water partition coefficient (Wildman–Crippen LogP) is 2.09. The van der Waals surface area contributed by atoms with Gasteiger partial charge in [0.15, 0.2) is 0 Å². The first-order valence-electron chi connectivity index (χ1n) is 7.93. The Morgan fingerprint density at radius 3 is 2.52 bits per heavy atom. The number of aromatic nitrogens is 2. The van der Waals surface area contributed by atoms with Gasteiger partial charge in [0.05, 0.1) is 6.33 Å². The van der Waals surface area contributed by atoms with E-state index in [9.17, 15) is 4.79 Å². The second kappa shape index (κ2) is 6.79. The van der Waals surface area contributed by atoms with Crippen LogP contribution in [0.3, 0.4) is 0 Å². The first-order valence-corrected chi connectivity index (χ1v) is 7.93. The molecule has 2 aromatic rings. The summed E-state index contributed by atoms with van der Waals surface area (Å²) in [7, 11) is 0. The average Bonchev–Trinajstić information content (AvgIpc) is 3.06. The molecule has 1 N–H and O–H groups in total. The third-order valence-electron chi connectivity index (χ3n) is 3.98. The van der Waals surface area contributed by atoms with Crippen molar-refractivity contribution >= 4 is 12.0 Å². The highest BCUT2D eigenvalue weighted by Crippen LogP contribution is 2.11. The molecule has 3 rings (SSSR count). The van der Waals surface area contributed by atoms with Crippen molar-refractivity contribution < 1.29 is 4.79 Å². The smallest absolute Gasteiger partial charge is 0.246 e. The molecular weight excluding hydrogens is 288 g/mol. The van der Waals surface area contributed by atoms with Gasteiger partial charge in [0, 0.05) is 49.3 Å². The highest BCUT2D eigenvalue weighted by molar-refractivity contribution is 5.91. The van der Waals surface area contributed by atoms with Gasteiger partial charge in [0.1, 0.15) is 0 Å². The lowest BCUT2D eigenvalue weighted by Crippen LogP contribution is -2.55. The number of piperazine rings is 1. The molecule has 120 valence electrons. The summed E-state index contributed by atoms with van der Waals surface area (Å²) in [6, 6.07) is 8.71. The molecule has 1 fully saturated rings. The van der Waals surface area contributed by atoms with Gasteiger partial charge in [-0.1, -0.05) is 12.1 Å². The van der Waals surface area contributed by atoms with Crippen LogP contribution >= 0.6 is 0 Å². The van der Waals surface area contributed by atoms with Crippen LogP contribution in [-0.2, 0) is 4.79 Å². The fourth-order valence-corrected chi connectivity index (χ4v) is 2.95. The first kappa shape index (κ1) is 15.5. The van der Waals surface area contributed by atoms with E-state index in [0.717, 1.165) is 24.3 Å². The van der Waals surface area contributed by atoms with E-state index in [-0.39, 0.29) is 5.91 Å². The molecule has 0 aliphatic carbocycles. The monoisotopic (exact) mass is 310 g/mol. The average molecular weight is 310 g/mol. The van der Waals surface area contributed by atoms with Crippen LogP contribution in [0.15, 0.2) is 49.1 Å². The third-order valence-corrected chi connectivity index (χ3v) is 3.98. The molecule has 2 unspecified atom stereocenters. The lowest BCUT2D eigenvalue weighted by Gasteiger charge is -2.35. The van der Waals surface area contributed by atoms with Crippen LogP contribution in [0.5, 0.6) is 0 Å². The number of nitrogens with one attached hydrogen (secondary N) is 1. The van der Waals surface area contributed by atoms with Crippen LogP contribution in [0.2, 0.25) is 0 Å². The van der Waals surface area contributed by atoms with Gasteiger partial charge < -0.3 is 14.8 Å². The molecule has 1 amide bonds. The van der Waals surface area contributed by atoms with E-state index < -0.39 is 0 Å². The fraction of sp³-hybridized carbons (Fsp3) is 0.333. The Morgan fingerprint density at radius 1 is 1.22 bits per heavy atom. The van der Waals surface area contributed by atoms with Crippen LogP contribution in [0.1, 0.15) is 19.4 Å². The Hall–Kier alpha value is -2.40. The van der Waals surface area contributed by atoms with Crippen LogP contribution in [0, 0.1) is 0 Å². The number of amides is 1. The molecule has 0 bridgehead atoms. The molecule has 5 nitrogen and oxygen atoms in total. The Kier molecular flexibility index (Phi) is 4.57. The second-order valence-corrected chi connectivity index (χ2v) is 6.11. The van der Waals surface area contributed by atoms with Gasteiger partial charge in [0.25, 0.3) is 0 Å². The van der Waals surface area contributed by atoms with Crippen LogP contribution in [-0.4, -0.2) is 45.5 Å². The maximum absolute atomic E-state index is 12.3. The highest BCUT2D eigenvalue weighted by Gasteiger charge is 2.23. The molecule has 1 aliphatic heterocycles. The standard InChI is InChI=1S/C18H22N4O/c1-14-11-22(12-15(2)20-14)18(23)8-5-16-3-6-17(7-4-16)21-10-9-19-13-21/h3-10,13-15,20H,11-12H2,1-2H3. The van der Waals surface area contributed by atoms with E-state index in [2.05, 4.69) is 24.1 Å². The zero-order valence-electron chi connectivity index (χ0n) is 13.5. The first-order chi connectivity index (χ1) is 11.1. The molecule has 0 radical (unpaired) electrons. The van der Waals surface area contributed by atoms with Gasteiger partial charge in [-0.15, -0.1) is 0 Å². The topological polar surface area (TPSA) is 50.2 Å². The summed E-state index contributed by atoms with van der Waals surface area (Å²) in [6.07, 6.45) is 8.96. The summed E-state index contributed by atoms with van der Waals surface area (Å²) >= 11 is 0. The number of carbonyl (C=O) groups excluding carboxylic acids is 1. The summed E-state index contributed by atoms with van der Waals surface area (Å²) in [4.78, 5) is 18.3. The molecular formula is C18H22N4O. The van der Waals surface area contributed by atoms with Crippen molar-refractivity contribution in [1.29, 1.82) is 0 Å². The zero-order chi connectivity index (χ0) is 16.2. The van der Waals surface area contributed by atoms with Gasteiger partial charge in [-0.25, -0.2) is 4.98 Å². The summed E-state index contributed by atoms with van der Waals surface area (Å²) in [5.41, 5.74) is 2.06. The van der Waals surface area contributed by atoms with Crippen molar-refractivity contribution in [2.24, 2.45) is 0 Å². The lowest BCUT2D eigenvalue weighted by atomic mass is 10.1. The Morgan fingerprint density at radius 2 is 1.91 bits per heavy atom. The minimum atomic E-state index is 0.0730. The number of carbonyl (C=O) groups is 1. The Bertz CT molecular complexity index is 666. The van der Waals surface area contributed by atoms with E-state index in [0.29, 0.717) is 12.1 Å². The summed E-state index contributed by atoms with van der Waals surface area (Å²) in [5.74, 6) is 0.0730. The number of nitrogens with zero attached hydrogens (tertiary/aromatic N) is 3. The van der Waals surface area contributed by atoms with Crippen molar-refractivity contribution in [2.45, 2.75) is 25.9 Å². The van der Waals surface area contributed by atoms with Crippen LogP contribution in [0.25, 0.3) is 11.8 Å². The molecule has 5 heteroatoms. The number of hydrogen-bond donors (Lipinski definition) is 1. The molecule has 0 saturated carbocycles. The zero-order valence-corrected chi connectivity index (χ0v) is 13.5.